The summed E-state index contributed by atoms with van der Waals surface area (Å²) >= 11 is 1.87. The summed E-state index contributed by atoms with van der Waals surface area (Å²) in [6.07, 6.45) is 0. The van der Waals surface area contributed by atoms with Gasteiger partial charge in [0.25, 0.3) is 0 Å². The third kappa shape index (κ3) is 5.14. The standard InChI is InChI=1S/C20H21.C10H12SSi.2ClH.Zr/c1-14-12-16-6-5-7-18(19(16)13-14)15-8-10-17(11-9-15)20(2,3)4;1-6-9-7-4-11-5-8(7)10(6)12(9,2)3;;;/h5-13H,1-4H3;4-5,9H,1-3H3;2*1H;/q-1;;;;+3/p-2. The maximum absolute atomic E-state index is 2.50. The Morgan fingerprint density at radius 2 is 1.54 bits per heavy atom. The SMILES string of the molecule is CC1=C2c3cscc3C1[Si]2(C)C.Cc1cc2c(-c3ccc(C(C)(C)C)cc3)cccc2[cH-]1.[Cl-].[Cl-].[Zr+3]. The molecule has 181 valence electrons. The molecule has 3 aliphatic rings. The van der Waals surface area contributed by atoms with Crippen molar-refractivity contribution < 1.29 is 51.0 Å². The van der Waals surface area contributed by atoms with Crippen LogP contribution in [0, 0.1) is 6.92 Å². The van der Waals surface area contributed by atoms with E-state index in [-0.39, 0.29) is 56.4 Å². The first kappa shape index (κ1) is 30.4. The molecule has 1 atom stereocenters. The molecule has 2 bridgehead atoms. The molecule has 35 heavy (non-hydrogen) atoms. The number of thiophene rings is 1. The summed E-state index contributed by atoms with van der Waals surface area (Å²) in [6.45, 7) is 16.3. The van der Waals surface area contributed by atoms with Gasteiger partial charge in [-0.3, -0.25) is 0 Å². The van der Waals surface area contributed by atoms with Gasteiger partial charge in [0.05, 0.1) is 8.07 Å². The Bertz CT molecular complexity index is 1350. The van der Waals surface area contributed by atoms with E-state index in [0.29, 0.717) is 0 Å². The van der Waals surface area contributed by atoms with Gasteiger partial charge in [-0.15, -0.1) is 34.5 Å². The maximum atomic E-state index is 2.50. The van der Waals surface area contributed by atoms with Crippen molar-refractivity contribution in [3.05, 3.63) is 93.2 Å². The van der Waals surface area contributed by atoms with Gasteiger partial charge < -0.3 is 24.8 Å². The Kier molecular flexibility index (Phi) is 9.45. The van der Waals surface area contributed by atoms with Crippen molar-refractivity contribution in [3.63, 3.8) is 0 Å². The van der Waals surface area contributed by atoms with Gasteiger partial charge in [0.2, 0.25) is 0 Å². The van der Waals surface area contributed by atoms with Gasteiger partial charge in [0, 0.05) is 5.54 Å². The van der Waals surface area contributed by atoms with Crippen molar-refractivity contribution in [2.75, 3.05) is 0 Å². The summed E-state index contributed by atoms with van der Waals surface area (Å²) in [5.41, 5.74) is 11.4. The number of allylic oxidation sites excluding steroid dienone is 1. The molecule has 3 heterocycles. The average Bonchev–Trinajstić information content (AvgIpc) is 3.43. The molecule has 0 N–H and O–H groups in total. The predicted molar refractivity (Wildman–Crippen MR) is 146 cm³/mol. The second kappa shape index (κ2) is 10.9. The largest absolute Gasteiger partial charge is 3.00 e. The molecule has 2 aliphatic heterocycles. The Hall–Kier alpha value is -0.830. The molecular formula is C30H33Cl2SSiZr. The average molecular weight is 616 g/mol. The molecule has 0 saturated carbocycles. The predicted octanol–water partition coefficient (Wildman–Crippen LogP) is 3.26. The molecular weight excluding hydrogens is 583 g/mol. The smallest absolute Gasteiger partial charge is 1.00 e. The first-order chi connectivity index (χ1) is 15.1. The van der Waals surface area contributed by atoms with Gasteiger partial charge >= 0.3 is 26.2 Å². The second-order valence-corrected chi connectivity index (χ2v) is 16.4. The number of hydrogen-bond acceptors (Lipinski definition) is 1. The summed E-state index contributed by atoms with van der Waals surface area (Å²) in [6, 6.07) is 20.1. The van der Waals surface area contributed by atoms with Crippen LogP contribution in [0.1, 0.15) is 55.5 Å². The van der Waals surface area contributed by atoms with Crippen molar-refractivity contribution in [2.24, 2.45) is 0 Å². The van der Waals surface area contributed by atoms with E-state index in [1.165, 1.54) is 33.0 Å². The fourth-order valence-corrected chi connectivity index (χ4v) is 11.4. The van der Waals surface area contributed by atoms with Gasteiger partial charge in [-0.1, -0.05) is 87.5 Å². The van der Waals surface area contributed by atoms with Crippen molar-refractivity contribution >= 4 is 35.4 Å². The van der Waals surface area contributed by atoms with E-state index < -0.39 is 8.07 Å². The van der Waals surface area contributed by atoms with Crippen molar-refractivity contribution in [3.8, 4) is 11.1 Å². The molecule has 0 nitrogen and oxygen atoms in total. The first-order valence-corrected chi connectivity index (χ1v) is 15.7. The van der Waals surface area contributed by atoms with Crippen LogP contribution in [0.3, 0.4) is 0 Å². The molecule has 4 aromatic rings. The van der Waals surface area contributed by atoms with E-state index in [1.807, 2.05) is 11.3 Å². The van der Waals surface area contributed by atoms with E-state index in [2.05, 4.69) is 113 Å². The number of benzene rings is 2. The molecule has 0 fully saturated rings. The van der Waals surface area contributed by atoms with Crippen molar-refractivity contribution in [2.45, 2.75) is 58.7 Å². The van der Waals surface area contributed by atoms with Gasteiger partial charge in [0.1, 0.15) is 0 Å². The van der Waals surface area contributed by atoms with Crippen molar-refractivity contribution in [1.29, 1.82) is 0 Å². The number of fused-ring (bicyclic) bond motifs is 1. The van der Waals surface area contributed by atoms with Gasteiger partial charge in [0.15, 0.2) is 0 Å². The maximum Gasteiger partial charge on any atom is 3.00 e. The monoisotopic (exact) mass is 613 g/mol. The van der Waals surface area contributed by atoms with Crippen LogP contribution in [0.4, 0.5) is 0 Å². The van der Waals surface area contributed by atoms with E-state index in [9.17, 15) is 0 Å². The molecule has 0 amide bonds. The number of halogens is 2. The second-order valence-electron chi connectivity index (χ2n) is 11.1. The molecule has 1 aliphatic carbocycles. The van der Waals surface area contributed by atoms with Crippen LogP contribution in [-0.4, -0.2) is 8.07 Å². The van der Waals surface area contributed by atoms with Crippen LogP contribution in [0.25, 0.3) is 27.1 Å². The summed E-state index contributed by atoms with van der Waals surface area (Å²) in [5.74, 6) is 0. The quantitative estimate of drug-likeness (QED) is 0.228. The van der Waals surface area contributed by atoms with Gasteiger partial charge in [-0.05, 0) is 45.4 Å². The molecule has 0 spiro atoms. The minimum atomic E-state index is -0.976. The minimum Gasteiger partial charge on any atom is -1.00 e. The van der Waals surface area contributed by atoms with Gasteiger partial charge in [-0.2, -0.15) is 17.4 Å². The van der Waals surface area contributed by atoms with Crippen LogP contribution in [0.2, 0.25) is 13.1 Å². The van der Waals surface area contributed by atoms with Crippen LogP contribution in [0.15, 0.2) is 70.9 Å². The molecule has 1 unspecified atom stereocenters. The van der Waals surface area contributed by atoms with E-state index in [0.717, 1.165) is 5.54 Å². The Morgan fingerprint density at radius 1 is 0.886 bits per heavy atom. The summed E-state index contributed by atoms with van der Waals surface area (Å²) < 4.78 is 0. The zero-order chi connectivity index (χ0) is 22.8. The number of rotatable bonds is 1. The molecule has 5 heteroatoms. The Morgan fingerprint density at radius 3 is 2.11 bits per heavy atom. The fraction of sp³-hybridized carbons (Fsp3) is 0.300. The zero-order valence-electron chi connectivity index (χ0n) is 21.6. The topological polar surface area (TPSA) is 0 Å². The van der Waals surface area contributed by atoms with Crippen molar-refractivity contribution in [1.82, 2.24) is 0 Å². The van der Waals surface area contributed by atoms with E-state index in [4.69, 9.17) is 0 Å². The molecule has 3 aromatic carbocycles. The first-order valence-electron chi connectivity index (χ1n) is 11.6. The Labute approximate surface area is 247 Å². The normalized spacial score (nSPS) is 16.7. The summed E-state index contributed by atoms with van der Waals surface area (Å²) in [4.78, 5) is 0. The number of hydrogen-bond donors (Lipinski definition) is 0. The zero-order valence-corrected chi connectivity index (χ0v) is 27.4. The molecule has 1 aromatic heterocycles. The minimum absolute atomic E-state index is 0. The third-order valence-electron chi connectivity index (χ3n) is 7.42. The fourth-order valence-electron chi connectivity index (χ4n) is 5.96. The molecule has 1 radical (unpaired) electrons. The summed E-state index contributed by atoms with van der Waals surface area (Å²) in [7, 11) is -0.976. The van der Waals surface area contributed by atoms with Crippen LogP contribution >= 0.6 is 11.3 Å². The number of aryl methyl sites for hydroxylation is 1. The van der Waals surface area contributed by atoms with E-state index in [1.54, 1.807) is 21.9 Å². The summed E-state index contributed by atoms with van der Waals surface area (Å²) in [5, 5.41) is 9.16. The van der Waals surface area contributed by atoms with E-state index >= 15 is 0 Å². The van der Waals surface area contributed by atoms with Crippen LogP contribution in [-0.2, 0) is 31.6 Å². The molecule has 7 rings (SSSR count). The Balaban J connectivity index is 0.000000249. The van der Waals surface area contributed by atoms with Crippen LogP contribution in [0.5, 0.6) is 0 Å². The molecule has 0 saturated heterocycles. The van der Waals surface area contributed by atoms with Crippen LogP contribution < -0.4 is 24.8 Å². The van der Waals surface area contributed by atoms with Gasteiger partial charge in [-0.25, -0.2) is 0 Å². The third-order valence-corrected chi connectivity index (χ3v) is 12.3.